The van der Waals surface area contributed by atoms with Crippen LogP contribution in [0.5, 0.6) is 5.75 Å². The normalized spacial score (nSPS) is 16.6. The quantitative estimate of drug-likeness (QED) is 0.726. The minimum Gasteiger partial charge on any atom is -0.506 e. The van der Waals surface area contributed by atoms with Crippen molar-refractivity contribution < 1.29 is 14.6 Å². The van der Waals surface area contributed by atoms with Crippen molar-refractivity contribution in [1.82, 2.24) is 5.32 Å². The van der Waals surface area contributed by atoms with Gasteiger partial charge in [-0.3, -0.25) is 4.79 Å². The number of carbonyl (C=O) groups is 1. The second kappa shape index (κ2) is 8.36. The highest BCUT2D eigenvalue weighted by molar-refractivity contribution is 5.96. The second-order valence-electron chi connectivity index (χ2n) is 5.62. The molecule has 2 rings (SSSR count). The molecule has 1 aromatic carbocycles. The summed E-state index contributed by atoms with van der Waals surface area (Å²) in [5.41, 5.74) is 1.04. The van der Waals surface area contributed by atoms with Gasteiger partial charge in [0.2, 0.25) is 5.91 Å². The molecule has 0 unspecified atom stereocenters. The Morgan fingerprint density at radius 1 is 1.41 bits per heavy atom. The predicted octanol–water partition coefficient (Wildman–Crippen LogP) is 2.33. The van der Waals surface area contributed by atoms with Crippen molar-refractivity contribution in [2.75, 3.05) is 32.1 Å². The number of nitrogens with one attached hydrogen (secondary N) is 2. The largest absolute Gasteiger partial charge is 0.506 e. The molecule has 1 aliphatic heterocycles. The molecule has 1 heterocycles. The summed E-state index contributed by atoms with van der Waals surface area (Å²) in [6.45, 7) is 4.04. The Hall–Kier alpha value is -1.30. The van der Waals surface area contributed by atoms with E-state index in [2.05, 4.69) is 10.6 Å². The molecule has 1 amide bonds. The van der Waals surface area contributed by atoms with Gasteiger partial charge in [-0.25, -0.2) is 0 Å². The van der Waals surface area contributed by atoms with Crippen LogP contribution >= 0.6 is 12.4 Å². The zero-order valence-electron chi connectivity index (χ0n) is 13.1. The molecular formula is C16H25ClN2O3. The first-order valence-corrected chi connectivity index (χ1v) is 7.44. The Morgan fingerprint density at radius 3 is 2.68 bits per heavy atom. The summed E-state index contributed by atoms with van der Waals surface area (Å²) >= 11 is 0. The third kappa shape index (κ3) is 4.12. The van der Waals surface area contributed by atoms with E-state index in [4.69, 9.17) is 4.74 Å². The van der Waals surface area contributed by atoms with E-state index in [1.165, 1.54) is 0 Å². The molecule has 0 aromatic heterocycles. The molecule has 0 spiro atoms. The van der Waals surface area contributed by atoms with Gasteiger partial charge in [0.25, 0.3) is 0 Å². The number of benzene rings is 1. The number of phenolic OH excluding ortho intramolecular Hbond substituents is 1. The topological polar surface area (TPSA) is 70.6 Å². The number of piperidine rings is 1. The summed E-state index contributed by atoms with van der Waals surface area (Å²) < 4.78 is 5.27. The van der Waals surface area contributed by atoms with Crippen LogP contribution in [0.3, 0.4) is 0 Å². The standard InChI is InChI=1S/C16H24N2O3.ClH/c1-3-12-4-5-14(19)13(10-12)18-15(20)16(11-21-2)6-8-17-9-7-16;/h4-5,10,17,19H,3,6-9,11H2,1-2H3,(H,18,20);1H. The lowest BCUT2D eigenvalue weighted by Crippen LogP contribution is -2.47. The Morgan fingerprint density at radius 2 is 2.09 bits per heavy atom. The lowest BCUT2D eigenvalue weighted by atomic mass is 9.78. The first kappa shape index (κ1) is 18.7. The number of amides is 1. The highest BCUT2D eigenvalue weighted by Crippen LogP contribution is 2.33. The van der Waals surface area contributed by atoms with E-state index in [1.807, 2.05) is 19.1 Å². The van der Waals surface area contributed by atoms with Gasteiger partial charge < -0.3 is 20.5 Å². The van der Waals surface area contributed by atoms with Gasteiger partial charge >= 0.3 is 0 Å². The van der Waals surface area contributed by atoms with E-state index in [0.29, 0.717) is 12.3 Å². The maximum absolute atomic E-state index is 12.7. The Bertz CT molecular complexity index is 497. The number of aromatic hydroxyl groups is 1. The van der Waals surface area contributed by atoms with Gasteiger partial charge in [-0.1, -0.05) is 13.0 Å². The molecule has 1 aromatic rings. The van der Waals surface area contributed by atoms with Crippen LogP contribution in [0.15, 0.2) is 18.2 Å². The second-order valence-corrected chi connectivity index (χ2v) is 5.62. The predicted molar refractivity (Wildman–Crippen MR) is 89.8 cm³/mol. The lowest BCUT2D eigenvalue weighted by molar-refractivity contribution is -0.130. The summed E-state index contributed by atoms with van der Waals surface area (Å²) in [5, 5.41) is 16.1. The maximum Gasteiger partial charge on any atom is 0.233 e. The minimum absolute atomic E-state index is 0. The van der Waals surface area contributed by atoms with E-state index in [-0.39, 0.29) is 24.1 Å². The number of methoxy groups -OCH3 is 1. The van der Waals surface area contributed by atoms with E-state index in [9.17, 15) is 9.90 Å². The number of hydrogen-bond acceptors (Lipinski definition) is 4. The molecule has 0 radical (unpaired) electrons. The van der Waals surface area contributed by atoms with Crippen LogP contribution < -0.4 is 10.6 Å². The van der Waals surface area contributed by atoms with Gasteiger partial charge in [0, 0.05) is 7.11 Å². The average molecular weight is 329 g/mol. The Balaban J connectivity index is 0.00000242. The summed E-state index contributed by atoms with van der Waals surface area (Å²) in [6.07, 6.45) is 2.33. The van der Waals surface area contributed by atoms with Crippen LogP contribution in [0.2, 0.25) is 0 Å². The van der Waals surface area contributed by atoms with Crippen molar-refractivity contribution in [2.24, 2.45) is 5.41 Å². The number of carbonyl (C=O) groups excluding carboxylic acids is 1. The van der Waals surface area contributed by atoms with Gasteiger partial charge in [-0.15, -0.1) is 12.4 Å². The van der Waals surface area contributed by atoms with Gasteiger partial charge in [-0.05, 0) is 50.0 Å². The van der Waals surface area contributed by atoms with Gasteiger partial charge in [0.15, 0.2) is 0 Å². The fraction of sp³-hybridized carbons (Fsp3) is 0.562. The first-order valence-electron chi connectivity index (χ1n) is 7.44. The number of halogens is 1. The zero-order valence-corrected chi connectivity index (χ0v) is 14.0. The number of rotatable bonds is 5. The molecular weight excluding hydrogens is 304 g/mol. The molecule has 0 saturated carbocycles. The third-order valence-corrected chi connectivity index (χ3v) is 4.18. The molecule has 6 heteroatoms. The monoisotopic (exact) mass is 328 g/mol. The molecule has 0 atom stereocenters. The van der Waals surface area contributed by atoms with Crippen molar-refractivity contribution in [3.05, 3.63) is 23.8 Å². The summed E-state index contributed by atoms with van der Waals surface area (Å²) in [4.78, 5) is 12.7. The van der Waals surface area contributed by atoms with Crippen molar-refractivity contribution in [3.63, 3.8) is 0 Å². The smallest absolute Gasteiger partial charge is 0.233 e. The molecule has 0 bridgehead atoms. The molecule has 124 valence electrons. The lowest BCUT2D eigenvalue weighted by Gasteiger charge is -2.35. The van der Waals surface area contributed by atoms with Crippen LogP contribution in [0.4, 0.5) is 5.69 Å². The SMILES string of the molecule is CCc1ccc(O)c(NC(=O)C2(COC)CCNCC2)c1.Cl. The molecule has 1 fully saturated rings. The van der Waals surface area contributed by atoms with Crippen LogP contribution in [0.1, 0.15) is 25.3 Å². The van der Waals surface area contributed by atoms with Crippen LogP contribution in [-0.2, 0) is 16.0 Å². The van der Waals surface area contributed by atoms with Crippen LogP contribution in [0.25, 0.3) is 0 Å². The molecule has 1 saturated heterocycles. The fourth-order valence-corrected chi connectivity index (χ4v) is 2.78. The molecule has 1 aliphatic rings. The van der Waals surface area contributed by atoms with Crippen molar-refractivity contribution in [2.45, 2.75) is 26.2 Å². The van der Waals surface area contributed by atoms with Crippen molar-refractivity contribution in [1.29, 1.82) is 0 Å². The Kier molecular flexibility index (Phi) is 7.13. The van der Waals surface area contributed by atoms with Crippen molar-refractivity contribution in [3.8, 4) is 5.75 Å². The summed E-state index contributed by atoms with van der Waals surface area (Å²) in [7, 11) is 1.62. The molecule has 5 nitrogen and oxygen atoms in total. The number of ether oxygens (including phenoxy) is 1. The number of aryl methyl sites for hydroxylation is 1. The van der Waals surface area contributed by atoms with Crippen LogP contribution in [0, 0.1) is 5.41 Å². The van der Waals surface area contributed by atoms with E-state index in [1.54, 1.807) is 13.2 Å². The van der Waals surface area contributed by atoms with Crippen LogP contribution in [-0.4, -0.2) is 37.8 Å². The van der Waals surface area contributed by atoms with Crippen molar-refractivity contribution >= 4 is 24.0 Å². The van der Waals surface area contributed by atoms with Gasteiger partial charge in [0.1, 0.15) is 5.75 Å². The van der Waals surface area contributed by atoms with E-state index >= 15 is 0 Å². The summed E-state index contributed by atoms with van der Waals surface area (Å²) in [6, 6.07) is 5.31. The Labute approximate surface area is 137 Å². The first-order chi connectivity index (χ1) is 10.1. The molecule has 3 N–H and O–H groups in total. The van der Waals surface area contributed by atoms with E-state index < -0.39 is 5.41 Å². The summed E-state index contributed by atoms with van der Waals surface area (Å²) in [5.74, 6) is 0.0245. The third-order valence-electron chi connectivity index (χ3n) is 4.18. The average Bonchev–Trinajstić information content (AvgIpc) is 2.50. The minimum atomic E-state index is -0.519. The zero-order chi connectivity index (χ0) is 15.3. The number of hydrogen-bond donors (Lipinski definition) is 3. The molecule has 22 heavy (non-hydrogen) atoms. The number of anilines is 1. The van der Waals surface area contributed by atoms with Gasteiger partial charge in [-0.2, -0.15) is 0 Å². The fourth-order valence-electron chi connectivity index (χ4n) is 2.78. The van der Waals surface area contributed by atoms with Gasteiger partial charge in [0.05, 0.1) is 17.7 Å². The number of phenols is 1. The highest BCUT2D eigenvalue weighted by Gasteiger charge is 2.39. The maximum atomic E-state index is 12.7. The highest BCUT2D eigenvalue weighted by atomic mass is 35.5. The van der Waals surface area contributed by atoms with E-state index in [0.717, 1.165) is 37.9 Å². The molecule has 0 aliphatic carbocycles.